The molecule has 0 aromatic rings. The van der Waals surface area contributed by atoms with Gasteiger partial charge in [-0.05, 0) is 74.0 Å². The predicted molar refractivity (Wildman–Crippen MR) is 87.7 cm³/mol. The molecule has 3 aliphatic rings. The number of hydrogen-bond donors (Lipinski definition) is 0. The van der Waals surface area contributed by atoms with Crippen molar-refractivity contribution in [1.82, 2.24) is 0 Å². The summed E-state index contributed by atoms with van der Waals surface area (Å²) in [5, 5.41) is 0. The number of fused-ring (bicyclic) bond motifs is 1. The van der Waals surface area contributed by atoms with Gasteiger partial charge in [-0.2, -0.15) is 0 Å². The highest BCUT2D eigenvalue weighted by molar-refractivity contribution is 5.23. The second kappa shape index (κ2) is 5.18. The summed E-state index contributed by atoms with van der Waals surface area (Å²) in [4.78, 5) is 0. The Hall–Kier alpha value is -0.260. The van der Waals surface area contributed by atoms with Crippen LogP contribution in [0.1, 0.15) is 85.5 Å². The van der Waals surface area contributed by atoms with Crippen molar-refractivity contribution >= 4 is 0 Å². The van der Waals surface area contributed by atoms with Crippen molar-refractivity contribution in [2.45, 2.75) is 85.5 Å². The lowest BCUT2D eigenvalue weighted by molar-refractivity contribution is 0.0599. The maximum Gasteiger partial charge on any atom is -0.00854 e. The summed E-state index contributed by atoms with van der Waals surface area (Å²) < 4.78 is 0. The Balaban J connectivity index is 1.90. The highest BCUT2D eigenvalue weighted by Gasteiger charge is 2.50. The quantitative estimate of drug-likeness (QED) is 0.488. The van der Waals surface area contributed by atoms with Gasteiger partial charge in [-0.15, -0.1) is 0 Å². The Labute approximate surface area is 126 Å². The smallest absolute Gasteiger partial charge is 0.00854 e. The van der Waals surface area contributed by atoms with Crippen molar-refractivity contribution in [1.29, 1.82) is 0 Å². The third kappa shape index (κ3) is 2.18. The van der Waals surface area contributed by atoms with Crippen molar-refractivity contribution in [2.24, 2.45) is 28.6 Å². The van der Waals surface area contributed by atoms with Crippen LogP contribution in [0.4, 0.5) is 0 Å². The normalized spacial score (nSPS) is 46.4. The summed E-state index contributed by atoms with van der Waals surface area (Å²) in [6.45, 7) is 10.0. The van der Waals surface area contributed by atoms with Gasteiger partial charge >= 0.3 is 0 Å². The molecule has 0 aliphatic heterocycles. The van der Waals surface area contributed by atoms with Crippen molar-refractivity contribution in [3.63, 3.8) is 0 Å². The number of rotatable bonds is 1. The summed E-state index contributed by atoms with van der Waals surface area (Å²) in [6, 6.07) is 0. The summed E-state index contributed by atoms with van der Waals surface area (Å²) in [7, 11) is 0. The van der Waals surface area contributed by atoms with Gasteiger partial charge in [0.2, 0.25) is 0 Å². The maximum absolute atomic E-state index is 2.61. The summed E-state index contributed by atoms with van der Waals surface area (Å²) in [6.07, 6.45) is 15.8. The molecule has 0 radical (unpaired) electrons. The van der Waals surface area contributed by atoms with Crippen molar-refractivity contribution in [3.05, 3.63) is 11.6 Å². The molecule has 3 saturated carbocycles. The van der Waals surface area contributed by atoms with Gasteiger partial charge in [-0.1, -0.05) is 51.7 Å². The fourth-order valence-corrected chi connectivity index (χ4v) is 6.27. The molecule has 0 aromatic heterocycles. The zero-order valence-electron chi connectivity index (χ0n) is 14.2. The molecule has 0 N–H and O–H groups in total. The Morgan fingerprint density at radius 2 is 1.70 bits per heavy atom. The van der Waals surface area contributed by atoms with E-state index in [0.29, 0.717) is 10.8 Å². The van der Waals surface area contributed by atoms with Crippen molar-refractivity contribution < 1.29 is 0 Å². The zero-order chi connectivity index (χ0) is 14.4. The van der Waals surface area contributed by atoms with E-state index in [1.165, 1.54) is 57.8 Å². The monoisotopic (exact) mass is 274 g/mol. The number of allylic oxidation sites excluding steroid dienone is 2. The van der Waals surface area contributed by atoms with Gasteiger partial charge in [0.15, 0.2) is 0 Å². The van der Waals surface area contributed by atoms with Gasteiger partial charge < -0.3 is 0 Å². The van der Waals surface area contributed by atoms with Crippen LogP contribution in [0, 0.1) is 28.6 Å². The molecule has 20 heavy (non-hydrogen) atoms. The lowest BCUT2D eigenvalue weighted by atomic mass is 9.52. The summed E-state index contributed by atoms with van der Waals surface area (Å²) in [5.74, 6) is 2.84. The lowest BCUT2D eigenvalue weighted by Crippen LogP contribution is -2.43. The van der Waals surface area contributed by atoms with E-state index in [0.717, 1.165) is 17.8 Å². The van der Waals surface area contributed by atoms with Crippen LogP contribution in [-0.4, -0.2) is 0 Å². The molecule has 0 nitrogen and oxygen atoms in total. The van der Waals surface area contributed by atoms with Crippen LogP contribution in [0.25, 0.3) is 0 Å². The largest absolute Gasteiger partial charge is 0.0876 e. The molecule has 0 amide bonds. The molecule has 3 fully saturated rings. The van der Waals surface area contributed by atoms with E-state index in [1.54, 1.807) is 0 Å². The molecule has 4 unspecified atom stereocenters. The minimum Gasteiger partial charge on any atom is -0.0876 e. The minimum atomic E-state index is 0.550. The summed E-state index contributed by atoms with van der Waals surface area (Å²) >= 11 is 0. The molecule has 114 valence electrons. The van der Waals surface area contributed by atoms with Crippen LogP contribution in [0.2, 0.25) is 0 Å². The Morgan fingerprint density at radius 3 is 2.35 bits per heavy atom. The maximum atomic E-state index is 2.61. The first kappa shape index (κ1) is 14.7. The Bertz CT molecular complexity index is 389. The third-order valence-corrected chi connectivity index (χ3v) is 7.42. The van der Waals surface area contributed by atoms with Gasteiger partial charge in [0.1, 0.15) is 0 Å². The standard InChI is InChI=1S/C20H34/c1-5-17-16(18-10-8-13-19(18,2)3)12-11-15-9-6-7-14-20(15,17)4/h5,15-16,18H,6-14H2,1-4H3/b17-5+. The molecule has 0 bridgehead atoms. The molecule has 4 atom stereocenters. The van der Waals surface area contributed by atoms with Crippen LogP contribution in [0.15, 0.2) is 11.6 Å². The highest BCUT2D eigenvalue weighted by Crippen LogP contribution is 2.60. The average molecular weight is 274 g/mol. The molecular weight excluding hydrogens is 240 g/mol. The van der Waals surface area contributed by atoms with E-state index in [4.69, 9.17) is 0 Å². The highest BCUT2D eigenvalue weighted by atomic mass is 14.5. The number of hydrogen-bond acceptors (Lipinski definition) is 0. The van der Waals surface area contributed by atoms with Crippen LogP contribution in [-0.2, 0) is 0 Å². The average Bonchev–Trinajstić information content (AvgIpc) is 2.76. The van der Waals surface area contributed by atoms with E-state index in [-0.39, 0.29) is 0 Å². The van der Waals surface area contributed by atoms with Crippen molar-refractivity contribution in [3.8, 4) is 0 Å². The second-order valence-electron chi connectivity index (χ2n) is 8.78. The minimum absolute atomic E-state index is 0.550. The first-order valence-electron chi connectivity index (χ1n) is 9.16. The first-order valence-corrected chi connectivity index (χ1v) is 9.16. The fraction of sp³-hybridized carbons (Fsp3) is 0.900. The molecule has 3 aliphatic carbocycles. The van der Waals surface area contributed by atoms with E-state index < -0.39 is 0 Å². The molecule has 0 heterocycles. The first-order chi connectivity index (χ1) is 9.49. The molecule has 0 saturated heterocycles. The molecule has 0 spiro atoms. The van der Waals surface area contributed by atoms with Crippen LogP contribution < -0.4 is 0 Å². The van der Waals surface area contributed by atoms with E-state index >= 15 is 0 Å². The van der Waals surface area contributed by atoms with Crippen LogP contribution in [0.5, 0.6) is 0 Å². The van der Waals surface area contributed by atoms with E-state index in [1.807, 2.05) is 5.57 Å². The molecule has 0 heteroatoms. The Morgan fingerprint density at radius 1 is 0.900 bits per heavy atom. The second-order valence-corrected chi connectivity index (χ2v) is 8.78. The molecule has 0 aromatic carbocycles. The van der Waals surface area contributed by atoms with E-state index in [9.17, 15) is 0 Å². The van der Waals surface area contributed by atoms with Crippen LogP contribution >= 0.6 is 0 Å². The fourth-order valence-electron chi connectivity index (χ4n) is 6.27. The van der Waals surface area contributed by atoms with Gasteiger partial charge in [0, 0.05) is 0 Å². The summed E-state index contributed by atoms with van der Waals surface area (Å²) in [5.41, 5.74) is 3.00. The zero-order valence-corrected chi connectivity index (χ0v) is 14.2. The van der Waals surface area contributed by atoms with Crippen molar-refractivity contribution in [2.75, 3.05) is 0 Å². The third-order valence-electron chi connectivity index (χ3n) is 7.42. The Kier molecular flexibility index (Phi) is 3.80. The molecular formula is C20H34. The van der Waals surface area contributed by atoms with Gasteiger partial charge in [0.05, 0.1) is 0 Å². The van der Waals surface area contributed by atoms with Gasteiger partial charge in [-0.3, -0.25) is 0 Å². The predicted octanol–water partition coefficient (Wildman–Crippen LogP) is 6.37. The molecule has 3 rings (SSSR count). The van der Waals surface area contributed by atoms with Gasteiger partial charge in [-0.25, -0.2) is 0 Å². The lowest BCUT2D eigenvalue weighted by Gasteiger charge is -2.53. The van der Waals surface area contributed by atoms with E-state index in [2.05, 4.69) is 33.8 Å². The topological polar surface area (TPSA) is 0 Å². The van der Waals surface area contributed by atoms with Gasteiger partial charge in [0.25, 0.3) is 0 Å². The van der Waals surface area contributed by atoms with Crippen LogP contribution in [0.3, 0.4) is 0 Å². The SMILES string of the molecule is C/C=C1\C(C2CCCC2(C)C)CCC2CCCCC12C.